The SMILES string of the molecule is CCN=C=NC(=O)C1OC=CC=C1N(C)C. The number of allylic oxidation sites excluding steroid dienone is 2. The monoisotopic (exact) mass is 221 g/mol. The van der Waals surface area contributed by atoms with Gasteiger partial charge in [-0.1, -0.05) is 0 Å². The summed E-state index contributed by atoms with van der Waals surface area (Å²) >= 11 is 0. The first-order valence-corrected chi connectivity index (χ1v) is 5.02. The number of aliphatic imine (C=N–C) groups is 2. The fourth-order valence-electron chi connectivity index (χ4n) is 1.20. The van der Waals surface area contributed by atoms with Crippen molar-refractivity contribution in [2.75, 3.05) is 20.6 Å². The molecule has 5 heteroatoms. The molecule has 0 saturated heterocycles. The maximum Gasteiger partial charge on any atom is 0.302 e. The molecule has 1 unspecified atom stereocenters. The van der Waals surface area contributed by atoms with E-state index < -0.39 is 12.0 Å². The lowest BCUT2D eigenvalue weighted by Crippen LogP contribution is -2.32. The predicted octanol–water partition coefficient (Wildman–Crippen LogP) is 1.06. The van der Waals surface area contributed by atoms with Crippen LogP contribution in [-0.2, 0) is 9.53 Å². The lowest BCUT2D eigenvalue weighted by molar-refractivity contribution is -0.125. The zero-order valence-electron chi connectivity index (χ0n) is 9.67. The van der Waals surface area contributed by atoms with Gasteiger partial charge in [-0.15, -0.1) is 4.99 Å². The lowest BCUT2D eigenvalue weighted by Gasteiger charge is -2.24. The van der Waals surface area contributed by atoms with Gasteiger partial charge in [-0.05, 0) is 19.1 Å². The number of rotatable bonds is 3. The average molecular weight is 221 g/mol. The van der Waals surface area contributed by atoms with Crippen LogP contribution in [0.3, 0.4) is 0 Å². The molecule has 0 radical (unpaired) electrons. The quantitative estimate of drug-likeness (QED) is 0.670. The van der Waals surface area contributed by atoms with Gasteiger partial charge in [-0.2, -0.15) is 0 Å². The smallest absolute Gasteiger partial charge is 0.302 e. The van der Waals surface area contributed by atoms with Crippen LogP contribution in [0.1, 0.15) is 6.92 Å². The van der Waals surface area contributed by atoms with Crippen LogP contribution in [-0.4, -0.2) is 43.6 Å². The van der Waals surface area contributed by atoms with E-state index in [1.165, 1.54) is 6.26 Å². The molecule has 1 aliphatic heterocycles. The number of hydrogen-bond acceptors (Lipinski definition) is 4. The fourth-order valence-corrected chi connectivity index (χ4v) is 1.20. The number of likely N-dealkylation sites (N-methyl/N-ethyl adjacent to an activating group) is 1. The Labute approximate surface area is 94.8 Å². The number of amides is 1. The first-order chi connectivity index (χ1) is 7.66. The second-order valence-electron chi connectivity index (χ2n) is 3.35. The third-order valence-corrected chi connectivity index (χ3v) is 1.96. The van der Waals surface area contributed by atoms with Crippen molar-refractivity contribution in [2.24, 2.45) is 9.98 Å². The Bertz CT molecular complexity index is 377. The molecular formula is C11H15N3O2. The Hall–Kier alpha value is -1.87. The highest BCUT2D eigenvalue weighted by molar-refractivity contribution is 5.88. The van der Waals surface area contributed by atoms with Crippen molar-refractivity contribution in [2.45, 2.75) is 13.0 Å². The molecule has 1 rings (SSSR count). The molecule has 1 aliphatic rings. The zero-order chi connectivity index (χ0) is 12.0. The van der Waals surface area contributed by atoms with Gasteiger partial charge in [-0.3, -0.25) is 4.79 Å². The highest BCUT2D eigenvalue weighted by Gasteiger charge is 2.26. The van der Waals surface area contributed by atoms with Gasteiger partial charge in [0.25, 0.3) is 0 Å². The predicted molar refractivity (Wildman–Crippen MR) is 61.2 cm³/mol. The maximum absolute atomic E-state index is 11.7. The molecule has 1 amide bonds. The third kappa shape index (κ3) is 3.07. The van der Waals surface area contributed by atoms with Crippen LogP contribution >= 0.6 is 0 Å². The molecule has 0 spiro atoms. The van der Waals surface area contributed by atoms with E-state index >= 15 is 0 Å². The van der Waals surface area contributed by atoms with E-state index in [0.717, 1.165) is 5.70 Å². The minimum absolute atomic E-state index is 0.401. The normalized spacial score (nSPS) is 17.9. The minimum Gasteiger partial charge on any atom is -0.482 e. The molecule has 0 bridgehead atoms. The van der Waals surface area contributed by atoms with E-state index in [0.29, 0.717) is 6.54 Å². The topological polar surface area (TPSA) is 54.3 Å². The molecule has 0 saturated carbocycles. The summed E-state index contributed by atoms with van der Waals surface area (Å²) in [6.45, 7) is 2.40. The molecule has 0 aromatic heterocycles. The third-order valence-electron chi connectivity index (χ3n) is 1.96. The van der Waals surface area contributed by atoms with Gasteiger partial charge in [0.1, 0.15) is 0 Å². The summed E-state index contributed by atoms with van der Waals surface area (Å²) in [6, 6.07) is 2.34. The second-order valence-corrected chi connectivity index (χ2v) is 3.35. The van der Waals surface area contributed by atoms with Gasteiger partial charge < -0.3 is 9.64 Å². The van der Waals surface area contributed by atoms with Crippen LogP contribution in [0.4, 0.5) is 0 Å². The first-order valence-electron chi connectivity index (χ1n) is 5.02. The van der Waals surface area contributed by atoms with Gasteiger partial charge in [0.2, 0.25) is 6.10 Å². The number of carbonyl (C=O) groups is 1. The molecular weight excluding hydrogens is 206 g/mol. The first kappa shape index (κ1) is 12.2. The molecule has 0 aromatic carbocycles. The summed E-state index contributed by atoms with van der Waals surface area (Å²) in [5.41, 5.74) is 0.759. The van der Waals surface area contributed by atoms with E-state index in [9.17, 15) is 4.79 Å². The highest BCUT2D eigenvalue weighted by atomic mass is 16.5. The van der Waals surface area contributed by atoms with E-state index in [4.69, 9.17) is 4.74 Å². The van der Waals surface area contributed by atoms with Gasteiger partial charge in [0.15, 0.2) is 0 Å². The Morgan fingerprint density at radius 1 is 1.62 bits per heavy atom. The van der Waals surface area contributed by atoms with Crippen LogP contribution in [0.15, 0.2) is 34.1 Å². The van der Waals surface area contributed by atoms with Crippen LogP contribution in [0.2, 0.25) is 0 Å². The van der Waals surface area contributed by atoms with E-state index in [1.54, 1.807) is 6.08 Å². The molecule has 1 atom stereocenters. The van der Waals surface area contributed by atoms with Crippen molar-refractivity contribution < 1.29 is 9.53 Å². The Balaban J connectivity index is 2.80. The van der Waals surface area contributed by atoms with E-state index in [2.05, 4.69) is 16.0 Å². The van der Waals surface area contributed by atoms with Crippen molar-refractivity contribution in [3.8, 4) is 0 Å². The van der Waals surface area contributed by atoms with Crippen LogP contribution < -0.4 is 0 Å². The largest absolute Gasteiger partial charge is 0.482 e. The molecule has 0 aromatic rings. The van der Waals surface area contributed by atoms with Crippen molar-refractivity contribution >= 4 is 11.9 Å². The standard InChI is InChI=1S/C11H15N3O2/c1-4-12-8-13-11(15)10-9(14(2)3)6-5-7-16-10/h5-7,10H,4H2,1-3H3. The summed E-state index contributed by atoms with van der Waals surface area (Å²) in [6.07, 6.45) is 4.34. The summed E-state index contributed by atoms with van der Waals surface area (Å²) in [4.78, 5) is 20.8. The Morgan fingerprint density at radius 3 is 3.00 bits per heavy atom. The minimum atomic E-state index is -0.695. The highest BCUT2D eigenvalue weighted by Crippen LogP contribution is 2.15. The number of carbonyl (C=O) groups excluding carboxylic acids is 1. The molecule has 0 aliphatic carbocycles. The molecule has 0 fully saturated rings. The molecule has 0 N–H and O–H groups in total. The van der Waals surface area contributed by atoms with Crippen LogP contribution in [0.5, 0.6) is 0 Å². The van der Waals surface area contributed by atoms with Crippen molar-refractivity contribution in [3.63, 3.8) is 0 Å². The van der Waals surface area contributed by atoms with Gasteiger partial charge in [0.05, 0.1) is 18.0 Å². The fraction of sp³-hybridized carbons (Fsp3) is 0.455. The van der Waals surface area contributed by atoms with E-state index in [-0.39, 0.29) is 0 Å². The molecule has 5 nitrogen and oxygen atoms in total. The molecule has 1 heterocycles. The van der Waals surface area contributed by atoms with Crippen molar-refractivity contribution in [1.82, 2.24) is 4.90 Å². The van der Waals surface area contributed by atoms with Gasteiger partial charge in [0, 0.05) is 20.6 Å². The summed E-state index contributed by atoms with van der Waals surface area (Å²) in [5, 5.41) is 0. The molecule has 16 heavy (non-hydrogen) atoms. The Kier molecular flexibility index (Phi) is 4.48. The van der Waals surface area contributed by atoms with Crippen LogP contribution in [0.25, 0.3) is 0 Å². The molecule has 86 valence electrons. The summed E-state index contributed by atoms with van der Waals surface area (Å²) in [7, 11) is 3.69. The average Bonchev–Trinajstić information content (AvgIpc) is 2.29. The van der Waals surface area contributed by atoms with Crippen molar-refractivity contribution in [1.29, 1.82) is 0 Å². The zero-order valence-corrected chi connectivity index (χ0v) is 9.67. The summed E-state index contributed by atoms with van der Waals surface area (Å²) < 4.78 is 5.23. The van der Waals surface area contributed by atoms with Gasteiger partial charge >= 0.3 is 5.91 Å². The number of ether oxygens (including phenoxy) is 1. The van der Waals surface area contributed by atoms with Gasteiger partial charge in [-0.25, -0.2) is 4.99 Å². The maximum atomic E-state index is 11.7. The summed E-state index contributed by atoms with van der Waals surface area (Å²) in [5.74, 6) is -0.401. The van der Waals surface area contributed by atoms with Crippen molar-refractivity contribution in [3.05, 3.63) is 24.1 Å². The number of hydrogen-bond donors (Lipinski definition) is 0. The second kappa shape index (κ2) is 5.88. The number of nitrogens with zero attached hydrogens (tertiary/aromatic N) is 3. The lowest BCUT2D eigenvalue weighted by atomic mass is 10.2. The Morgan fingerprint density at radius 2 is 2.38 bits per heavy atom. The van der Waals surface area contributed by atoms with E-state index in [1.807, 2.05) is 32.0 Å². The van der Waals surface area contributed by atoms with Crippen LogP contribution in [0, 0.1) is 0 Å².